The van der Waals surface area contributed by atoms with Gasteiger partial charge in [0, 0.05) is 44.9 Å². The van der Waals surface area contributed by atoms with Crippen LogP contribution in [0.4, 0.5) is 0 Å². The Balaban J connectivity index is 1.22. The molecule has 1 aliphatic rings. The molecule has 7 nitrogen and oxygen atoms in total. The highest BCUT2D eigenvalue weighted by molar-refractivity contribution is 6.14. The lowest BCUT2D eigenvalue weighted by atomic mass is 9.90. The second-order valence-corrected chi connectivity index (χ2v) is 13.0. The lowest BCUT2D eigenvalue weighted by Crippen LogP contribution is -2.05. The maximum Gasteiger partial charge on any atom is 0.235 e. The van der Waals surface area contributed by atoms with Gasteiger partial charge in [-0.25, -0.2) is 24.9 Å². The zero-order valence-electron chi connectivity index (χ0n) is 27.8. The van der Waals surface area contributed by atoms with Crippen LogP contribution in [-0.4, -0.2) is 34.1 Å². The van der Waals surface area contributed by atoms with Crippen LogP contribution in [0.15, 0.2) is 146 Å². The van der Waals surface area contributed by atoms with E-state index < -0.39 is 0 Å². The van der Waals surface area contributed by atoms with Gasteiger partial charge in [0.15, 0.2) is 17.5 Å². The van der Waals surface area contributed by atoms with Crippen LogP contribution in [0.25, 0.3) is 84.7 Å². The summed E-state index contributed by atoms with van der Waals surface area (Å²) in [7, 11) is 0. The fraction of sp³-hybridized carbons (Fsp3) is 0.0682. The Morgan fingerprint density at radius 3 is 1.90 bits per heavy atom. The van der Waals surface area contributed by atoms with Gasteiger partial charge in [-0.15, -0.1) is 0 Å². The SMILES string of the molecule is CC1CC=Cc2c1c1cc3c4ccccc4n(-c4nccc(-c5nc(-c6ccccc6)nc(-c6ccccc6)n5)n4)c3cc1n2-c1ccccc1. The van der Waals surface area contributed by atoms with Crippen LogP contribution >= 0.6 is 0 Å². The molecule has 0 saturated carbocycles. The minimum Gasteiger partial charge on any atom is -0.310 e. The van der Waals surface area contributed by atoms with Crippen molar-refractivity contribution in [3.8, 4) is 45.9 Å². The van der Waals surface area contributed by atoms with Crippen molar-refractivity contribution in [1.82, 2.24) is 34.1 Å². The van der Waals surface area contributed by atoms with E-state index >= 15 is 0 Å². The first kappa shape index (κ1) is 29.2. The van der Waals surface area contributed by atoms with Crippen LogP contribution in [-0.2, 0) is 0 Å². The molecule has 0 N–H and O–H groups in total. The molecule has 7 heteroatoms. The molecule has 0 radical (unpaired) electrons. The van der Waals surface area contributed by atoms with Gasteiger partial charge in [0.2, 0.25) is 5.95 Å². The molecule has 0 aliphatic heterocycles. The van der Waals surface area contributed by atoms with Crippen molar-refractivity contribution in [3.63, 3.8) is 0 Å². The van der Waals surface area contributed by atoms with Crippen LogP contribution in [0.3, 0.4) is 0 Å². The zero-order valence-corrected chi connectivity index (χ0v) is 27.8. The molecule has 0 spiro atoms. The molecule has 242 valence electrons. The summed E-state index contributed by atoms with van der Waals surface area (Å²) >= 11 is 0. The average Bonchev–Trinajstić information content (AvgIpc) is 3.70. The maximum atomic E-state index is 5.17. The maximum absolute atomic E-state index is 5.17. The number of para-hydroxylation sites is 2. The van der Waals surface area contributed by atoms with E-state index in [1.165, 1.54) is 22.0 Å². The van der Waals surface area contributed by atoms with Crippen LogP contribution in [0.5, 0.6) is 0 Å². The molecule has 0 amide bonds. The predicted octanol–water partition coefficient (Wildman–Crippen LogP) is 10.2. The van der Waals surface area contributed by atoms with Crippen molar-refractivity contribution in [3.05, 3.63) is 157 Å². The predicted molar refractivity (Wildman–Crippen MR) is 205 cm³/mol. The fourth-order valence-corrected chi connectivity index (χ4v) is 7.55. The van der Waals surface area contributed by atoms with E-state index in [4.69, 9.17) is 24.9 Å². The lowest BCUT2D eigenvalue weighted by Gasteiger charge is -2.16. The first-order valence-electron chi connectivity index (χ1n) is 17.3. The van der Waals surface area contributed by atoms with E-state index in [9.17, 15) is 0 Å². The highest BCUT2D eigenvalue weighted by atomic mass is 15.2. The summed E-state index contributed by atoms with van der Waals surface area (Å²) in [4.78, 5) is 24.8. The molecule has 0 bridgehead atoms. The average molecular weight is 658 g/mol. The summed E-state index contributed by atoms with van der Waals surface area (Å²) < 4.78 is 4.57. The van der Waals surface area contributed by atoms with E-state index in [1.54, 1.807) is 6.20 Å². The van der Waals surface area contributed by atoms with Gasteiger partial charge < -0.3 is 4.57 Å². The van der Waals surface area contributed by atoms with Crippen molar-refractivity contribution in [1.29, 1.82) is 0 Å². The molecular weight excluding hydrogens is 627 g/mol. The third kappa shape index (κ3) is 4.77. The normalized spacial score (nSPS) is 14.0. The highest BCUT2D eigenvalue weighted by Gasteiger charge is 2.25. The number of fused-ring (bicyclic) bond motifs is 6. The van der Waals surface area contributed by atoms with E-state index in [-0.39, 0.29) is 0 Å². The van der Waals surface area contributed by atoms with Crippen molar-refractivity contribution in [2.45, 2.75) is 19.3 Å². The summed E-state index contributed by atoms with van der Waals surface area (Å²) in [5.41, 5.74) is 9.45. The van der Waals surface area contributed by atoms with Gasteiger partial charge in [0.25, 0.3) is 0 Å². The van der Waals surface area contributed by atoms with Gasteiger partial charge in [-0.3, -0.25) is 4.57 Å². The van der Waals surface area contributed by atoms with E-state index in [0.717, 1.165) is 45.2 Å². The van der Waals surface area contributed by atoms with Crippen molar-refractivity contribution in [2.24, 2.45) is 0 Å². The Kier molecular flexibility index (Phi) is 6.70. The Hall–Kier alpha value is -6.73. The number of allylic oxidation sites excluding steroid dienone is 1. The van der Waals surface area contributed by atoms with E-state index in [0.29, 0.717) is 35.0 Å². The van der Waals surface area contributed by atoms with Gasteiger partial charge in [-0.05, 0) is 60.4 Å². The summed E-state index contributed by atoms with van der Waals surface area (Å²) in [5.74, 6) is 2.63. The quantitative estimate of drug-likeness (QED) is 0.184. The van der Waals surface area contributed by atoms with Gasteiger partial charge >= 0.3 is 0 Å². The topological polar surface area (TPSA) is 74.3 Å². The van der Waals surface area contributed by atoms with Gasteiger partial charge in [-0.1, -0.05) is 110 Å². The summed E-state index contributed by atoms with van der Waals surface area (Å²) in [6.07, 6.45) is 7.40. The number of rotatable bonds is 5. The first-order chi connectivity index (χ1) is 25.2. The smallest absolute Gasteiger partial charge is 0.235 e. The highest BCUT2D eigenvalue weighted by Crippen LogP contribution is 2.43. The number of hydrogen-bond donors (Lipinski definition) is 0. The number of benzene rings is 5. The number of hydrogen-bond acceptors (Lipinski definition) is 5. The fourth-order valence-electron chi connectivity index (χ4n) is 7.55. The van der Waals surface area contributed by atoms with Crippen LogP contribution in [0.1, 0.15) is 30.5 Å². The molecule has 5 aromatic carbocycles. The lowest BCUT2D eigenvalue weighted by molar-refractivity contribution is 0.773. The second kappa shape index (κ2) is 11.7. The summed E-state index contributed by atoms with van der Waals surface area (Å²) in [6, 6.07) is 45.7. The molecule has 9 aromatic rings. The summed E-state index contributed by atoms with van der Waals surface area (Å²) in [5, 5.41) is 3.60. The second-order valence-electron chi connectivity index (χ2n) is 13.0. The van der Waals surface area contributed by atoms with Crippen LogP contribution < -0.4 is 0 Å². The first-order valence-corrected chi connectivity index (χ1v) is 17.3. The Labute approximate surface area is 294 Å². The molecule has 1 atom stereocenters. The minimum atomic E-state index is 0.408. The molecule has 0 saturated heterocycles. The third-order valence-electron chi connectivity index (χ3n) is 9.88. The minimum absolute atomic E-state index is 0.408. The van der Waals surface area contributed by atoms with Crippen molar-refractivity contribution < 1.29 is 0 Å². The monoisotopic (exact) mass is 657 g/mol. The molecular formula is C44H31N7. The molecule has 4 aromatic heterocycles. The van der Waals surface area contributed by atoms with Gasteiger partial charge in [-0.2, -0.15) is 0 Å². The number of aromatic nitrogens is 7. The molecule has 51 heavy (non-hydrogen) atoms. The zero-order chi connectivity index (χ0) is 33.9. The van der Waals surface area contributed by atoms with Crippen LogP contribution in [0, 0.1) is 0 Å². The van der Waals surface area contributed by atoms with Crippen LogP contribution in [0.2, 0.25) is 0 Å². The van der Waals surface area contributed by atoms with Gasteiger partial charge in [0.1, 0.15) is 5.69 Å². The molecule has 4 heterocycles. The summed E-state index contributed by atoms with van der Waals surface area (Å²) in [6.45, 7) is 2.33. The molecule has 1 unspecified atom stereocenters. The Morgan fingerprint density at radius 2 is 1.18 bits per heavy atom. The standard InChI is InChI=1S/C44H31N7/c1-28-14-13-23-37-40(28)34-26-33-32-21-11-12-22-36(32)51(38(33)27-39(34)50(37)31-19-9-4-10-20-31)44-45-25-24-35(46-44)43-48-41(29-15-5-2-6-16-29)47-42(49-43)30-17-7-3-8-18-30/h2-13,15-28H,14H2,1H3. The van der Waals surface area contributed by atoms with Crippen molar-refractivity contribution in [2.75, 3.05) is 0 Å². The Bertz CT molecular complexity index is 2720. The Morgan fingerprint density at radius 1 is 0.549 bits per heavy atom. The molecule has 0 fully saturated rings. The number of nitrogens with zero attached hydrogens (tertiary/aromatic N) is 7. The van der Waals surface area contributed by atoms with E-state index in [2.05, 4.69) is 94.9 Å². The van der Waals surface area contributed by atoms with E-state index in [1.807, 2.05) is 66.7 Å². The van der Waals surface area contributed by atoms with Gasteiger partial charge in [0.05, 0.1) is 16.6 Å². The molecule has 1 aliphatic carbocycles. The third-order valence-corrected chi connectivity index (χ3v) is 9.88. The molecule has 10 rings (SSSR count). The van der Waals surface area contributed by atoms with Crippen molar-refractivity contribution >= 4 is 38.8 Å². The largest absolute Gasteiger partial charge is 0.310 e.